The number of ether oxygens (including phenoxy) is 1. The molecule has 0 aliphatic rings. The Labute approximate surface area is 99.6 Å². The average Bonchev–Trinajstić information content (AvgIpc) is 2.24. The highest BCUT2D eigenvalue weighted by Gasteiger charge is 2.54. The van der Waals surface area contributed by atoms with Crippen molar-refractivity contribution in [3.8, 4) is 0 Å². The smallest absolute Gasteiger partial charge is 0.335 e. The predicted molar refractivity (Wildman–Crippen MR) is 58.5 cm³/mol. The number of carbonyl (C=O) groups is 3. The molecule has 0 atom stereocenters. The van der Waals surface area contributed by atoms with Crippen LogP contribution in [-0.2, 0) is 19.1 Å². The standard InChI is InChI=1S/C11H18O6/c1-3-5-7-17-10(16)11(6-4-2,8(12)13)9(14)15/h3-7H2,1-2H3,(H,12,13)(H,14,15). The van der Waals surface area contributed by atoms with E-state index in [1.807, 2.05) is 6.92 Å². The number of carboxylic acid groups (broad SMARTS) is 2. The lowest BCUT2D eigenvalue weighted by Gasteiger charge is -2.22. The van der Waals surface area contributed by atoms with E-state index in [1.165, 1.54) is 0 Å². The minimum Gasteiger partial charge on any atom is -0.480 e. The highest BCUT2D eigenvalue weighted by molar-refractivity contribution is 6.16. The molecular weight excluding hydrogens is 228 g/mol. The molecule has 0 heterocycles. The molecule has 17 heavy (non-hydrogen) atoms. The summed E-state index contributed by atoms with van der Waals surface area (Å²) in [5, 5.41) is 17.9. The van der Waals surface area contributed by atoms with Gasteiger partial charge in [-0.1, -0.05) is 26.7 Å². The first-order valence-electron chi connectivity index (χ1n) is 5.57. The van der Waals surface area contributed by atoms with E-state index in [2.05, 4.69) is 0 Å². The van der Waals surface area contributed by atoms with Crippen molar-refractivity contribution in [2.24, 2.45) is 5.41 Å². The van der Waals surface area contributed by atoms with E-state index in [4.69, 9.17) is 14.9 Å². The lowest BCUT2D eigenvalue weighted by molar-refractivity contribution is -0.179. The van der Waals surface area contributed by atoms with E-state index in [1.54, 1.807) is 6.92 Å². The number of esters is 1. The number of rotatable bonds is 8. The van der Waals surface area contributed by atoms with Crippen LogP contribution in [0.25, 0.3) is 0 Å². The summed E-state index contributed by atoms with van der Waals surface area (Å²) >= 11 is 0. The quantitative estimate of drug-likeness (QED) is 0.380. The SMILES string of the molecule is CCCCOC(=O)C(CCC)(C(=O)O)C(=O)O. The minimum atomic E-state index is -2.47. The van der Waals surface area contributed by atoms with Gasteiger partial charge in [0.25, 0.3) is 5.41 Å². The van der Waals surface area contributed by atoms with Gasteiger partial charge >= 0.3 is 17.9 Å². The summed E-state index contributed by atoms with van der Waals surface area (Å²) < 4.78 is 4.72. The third-order valence-corrected chi connectivity index (χ3v) is 2.43. The Balaban J connectivity index is 4.95. The lowest BCUT2D eigenvalue weighted by atomic mass is 9.83. The summed E-state index contributed by atoms with van der Waals surface area (Å²) in [4.78, 5) is 33.7. The van der Waals surface area contributed by atoms with Crippen molar-refractivity contribution in [1.29, 1.82) is 0 Å². The van der Waals surface area contributed by atoms with Crippen LogP contribution in [0.1, 0.15) is 39.5 Å². The molecule has 0 fully saturated rings. The first kappa shape index (κ1) is 15.4. The van der Waals surface area contributed by atoms with Crippen molar-refractivity contribution in [2.45, 2.75) is 39.5 Å². The third kappa shape index (κ3) is 3.44. The van der Waals surface area contributed by atoms with Crippen LogP contribution in [0.2, 0.25) is 0 Å². The van der Waals surface area contributed by atoms with Gasteiger partial charge in [-0.15, -0.1) is 0 Å². The molecule has 0 aromatic rings. The maximum atomic E-state index is 11.6. The second-order valence-corrected chi connectivity index (χ2v) is 3.76. The molecule has 6 nitrogen and oxygen atoms in total. The van der Waals surface area contributed by atoms with Crippen LogP contribution in [0.3, 0.4) is 0 Å². The molecule has 0 aromatic heterocycles. The minimum absolute atomic E-state index is 0.0430. The number of hydrogen-bond acceptors (Lipinski definition) is 4. The molecule has 0 aromatic carbocycles. The van der Waals surface area contributed by atoms with Crippen molar-refractivity contribution in [1.82, 2.24) is 0 Å². The third-order valence-electron chi connectivity index (χ3n) is 2.43. The van der Waals surface area contributed by atoms with Crippen molar-refractivity contribution < 1.29 is 29.3 Å². The molecular formula is C11H18O6. The molecule has 0 bridgehead atoms. The molecule has 0 rings (SSSR count). The van der Waals surface area contributed by atoms with Crippen LogP contribution in [0.15, 0.2) is 0 Å². The molecule has 0 amide bonds. The molecule has 6 heteroatoms. The summed E-state index contributed by atoms with van der Waals surface area (Å²) in [5.74, 6) is -4.53. The molecule has 2 N–H and O–H groups in total. The topological polar surface area (TPSA) is 101 Å². The molecule has 0 radical (unpaired) electrons. The van der Waals surface area contributed by atoms with Gasteiger partial charge in [0.2, 0.25) is 0 Å². The largest absolute Gasteiger partial charge is 0.480 e. The maximum Gasteiger partial charge on any atom is 0.335 e. The summed E-state index contributed by atoms with van der Waals surface area (Å²) in [6, 6.07) is 0. The van der Waals surface area contributed by atoms with E-state index >= 15 is 0 Å². The maximum absolute atomic E-state index is 11.6. The molecule has 0 saturated heterocycles. The number of carbonyl (C=O) groups excluding carboxylic acids is 1. The van der Waals surface area contributed by atoms with Crippen LogP contribution < -0.4 is 0 Å². The predicted octanol–water partition coefficient (Wildman–Crippen LogP) is 1.29. The second kappa shape index (κ2) is 6.88. The fraction of sp³-hybridized carbons (Fsp3) is 0.727. The van der Waals surface area contributed by atoms with Gasteiger partial charge in [-0.05, 0) is 12.8 Å². The monoisotopic (exact) mass is 246 g/mol. The zero-order valence-electron chi connectivity index (χ0n) is 10.1. The van der Waals surface area contributed by atoms with E-state index in [0.717, 1.165) is 6.42 Å². The first-order chi connectivity index (χ1) is 7.93. The van der Waals surface area contributed by atoms with Crippen LogP contribution in [0.4, 0.5) is 0 Å². The van der Waals surface area contributed by atoms with Gasteiger partial charge in [0, 0.05) is 0 Å². The molecule has 0 unspecified atom stereocenters. The zero-order valence-corrected chi connectivity index (χ0v) is 10.1. The Bertz CT molecular complexity index is 282. The van der Waals surface area contributed by atoms with Crippen molar-refractivity contribution in [3.63, 3.8) is 0 Å². The van der Waals surface area contributed by atoms with Gasteiger partial charge in [-0.25, -0.2) is 0 Å². The second-order valence-electron chi connectivity index (χ2n) is 3.76. The summed E-state index contributed by atoms with van der Waals surface area (Å²) in [7, 11) is 0. The number of unbranched alkanes of at least 4 members (excludes halogenated alkanes) is 1. The summed E-state index contributed by atoms with van der Waals surface area (Å²) in [6.45, 7) is 3.53. The fourth-order valence-corrected chi connectivity index (χ4v) is 1.39. The van der Waals surface area contributed by atoms with Crippen molar-refractivity contribution in [3.05, 3.63) is 0 Å². The Morgan fingerprint density at radius 2 is 1.59 bits per heavy atom. The van der Waals surface area contributed by atoms with Crippen LogP contribution >= 0.6 is 0 Å². The van der Waals surface area contributed by atoms with Crippen LogP contribution in [0, 0.1) is 5.41 Å². The lowest BCUT2D eigenvalue weighted by Crippen LogP contribution is -2.47. The van der Waals surface area contributed by atoms with Crippen molar-refractivity contribution >= 4 is 17.9 Å². The van der Waals surface area contributed by atoms with Gasteiger partial charge in [0.1, 0.15) is 0 Å². The van der Waals surface area contributed by atoms with Gasteiger partial charge in [0.15, 0.2) is 0 Å². The van der Waals surface area contributed by atoms with E-state index in [0.29, 0.717) is 6.42 Å². The Kier molecular flexibility index (Phi) is 6.23. The average molecular weight is 246 g/mol. The molecule has 0 aliphatic heterocycles. The first-order valence-corrected chi connectivity index (χ1v) is 5.57. The number of carboxylic acids is 2. The highest BCUT2D eigenvalue weighted by Crippen LogP contribution is 2.27. The van der Waals surface area contributed by atoms with Gasteiger partial charge in [-0.3, -0.25) is 14.4 Å². The summed E-state index contributed by atoms with van der Waals surface area (Å²) in [5.41, 5.74) is -2.47. The van der Waals surface area contributed by atoms with E-state index in [9.17, 15) is 14.4 Å². The van der Waals surface area contributed by atoms with Gasteiger partial charge in [-0.2, -0.15) is 0 Å². The highest BCUT2D eigenvalue weighted by atomic mass is 16.5. The van der Waals surface area contributed by atoms with Crippen molar-refractivity contribution in [2.75, 3.05) is 6.61 Å². The summed E-state index contributed by atoms with van der Waals surface area (Å²) in [6.07, 6.45) is 1.34. The van der Waals surface area contributed by atoms with E-state index < -0.39 is 23.3 Å². The number of hydrogen-bond donors (Lipinski definition) is 2. The molecule has 0 saturated carbocycles. The molecule has 0 aliphatic carbocycles. The van der Waals surface area contributed by atoms with Crippen LogP contribution in [-0.4, -0.2) is 34.7 Å². The van der Waals surface area contributed by atoms with E-state index in [-0.39, 0.29) is 19.4 Å². The molecule has 98 valence electrons. The molecule has 0 spiro atoms. The Morgan fingerprint density at radius 1 is 1.06 bits per heavy atom. The zero-order chi connectivity index (χ0) is 13.5. The van der Waals surface area contributed by atoms with Gasteiger partial charge < -0.3 is 14.9 Å². The normalized spacial score (nSPS) is 10.9. The Morgan fingerprint density at radius 3 is 1.94 bits per heavy atom. The fourth-order valence-electron chi connectivity index (χ4n) is 1.39. The van der Waals surface area contributed by atoms with Crippen LogP contribution in [0.5, 0.6) is 0 Å². The number of aliphatic carboxylic acids is 2. The van der Waals surface area contributed by atoms with Gasteiger partial charge in [0.05, 0.1) is 6.61 Å². The Hall–Kier alpha value is -1.59.